The molecule has 0 aliphatic carbocycles. The van der Waals surface area contributed by atoms with Gasteiger partial charge in [0, 0.05) is 16.8 Å². The minimum atomic E-state index is -0.553. The van der Waals surface area contributed by atoms with Crippen molar-refractivity contribution in [3.8, 4) is 11.3 Å². The average Bonchev–Trinajstić information content (AvgIpc) is 3.27. The van der Waals surface area contributed by atoms with Gasteiger partial charge in [0.2, 0.25) is 5.82 Å². The molecule has 0 atom stereocenters. The first kappa shape index (κ1) is 16.2. The molecule has 0 saturated heterocycles. The van der Waals surface area contributed by atoms with E-state index in [1.807, 2.05) is 22.6 Å². The van der Waals surface area contributed by atoms with Gasteiger partial charge in [-0.15, -0.1) is 0 Å². The number of rotatable bonds is 4. The zero-order chi connectivity index (χ0) is 18.1. The lowest BCUT2D eigenvalue weighted by Gasteiger charge is -2.07. The van der Waals surface area contributed by atoms with E-state index in [4.69, 9.17) is 16.3 Å². The number of nitrogens with zero attached hydrogens (tertiary/aromatic N) is 6. The molecular formula is C17H13ClN6O2. The van der Waals surface area contributed by atoms with E-state index in [9.17, 15) is 4.79 Å². The van der Waals surface area contributed by atoms with Crippen LogP contribution in [0.4, 0.5) is 0 Å². The van der Waals surface area contributed by atoms with Gasteiger partial charge in [0.15, 0.2) is 0 Å². The normalized spacial score (nSPS) is 11.0. The van der Waals surface area contributed by atoms with Gasteiger partial charge in [0.25, 0.3) is 0 Å². The number of carbonyl (C=O) groups excluding carboxylic acids is 1. The molecule has 0 unspecified atom stereocenters. The summed E-state index contributed by atoms with van der Waals surface area (Å²) in [6, 6.07) is 9.20. The van der Waals surface area contributed by atoms with Gasteiger partial charge in [-0.3, -0.25) is 4.40 Å². The van der Waals surface area contributed by atoms with Crippen LogP contribution in [0.25, 0.3) is 16.9 Å². The quantitative estimate of drug-likeness (QED) is 0.514. The van der Waals surface area contributed by atoms with E-state index in [1.54, 1.807) is 24.7 Å². The van der Waals surface area contributed by atoms with Crippen molar-refractivity contribution in [1.29, 1.82) is 0 Å². The van der Waals surface area contributed by atoms with Crippen LogP contribution in [0.1, 0.15) is 16.3 Å². The van der Waals surface area contributed by atoms with Gasteiger partial charge in [-0.05, 0) is 18.2 Å². The van der Waals surface area contributed by atoms with Gasteiger partial charge in [-0.2, -0.15) is 5.10 Å². The Morgan fingerprint density at radius 3 is 2.81 bits per heavy atom. The number of hydrogen-bond donors (Lipinski definition) is 0. The van der Waals surface area contributed by atoms with Crippen LogP contribution in [0.15, 0.2) is 49.2 Å². The van der Waals surface area contributed by atoms with Gasteiger partial charge >= 0.3 is 5.97 Å². The second-order valence-electron chi connectivity index (χ2n) is 5.46. The number of esters is 1. The summed E-state index contributed by atoms with van der Waals surface area (Å²) in [6.07, 6.45) is 4.66. The lowest BCUT2D eigenvalue weighted by molar-refractivity contribution is 0.0580. The van der Waals surface area contributed by atoms with Crippen LogP contribution in [0.3, 0.4) is 0 Å². The van der Waals surface area contributed by atoms with Crippen molar-refractivity contribution in [3.63, 3.8) is 0 Å². The number of methoxy groups -OCH3 is 1. The maximum Gasteiger partial charge on any atom is 0.375 e. The molecule has 130 valence electrons. The molecule has 9 heteroatoms. The molecule has 8 nitrogen and oxygen atoms in total. The van der Waals surface area contributed by atoms with E-state index in [0.717, 1.165) is 22.6 Å². The van der Waals surface area contributed by atoms with Gasteiger partial charge in [-0.1, -0.05) is 23.7 Å². The Morgan fingerprint density at radius 1 is 1.23 bits per heavy atom. The zero-order valence-corrected chi connectivity index (χ0v) is 14.5. The number of ether oxygens (including phenoxy) is 1. The Balaban J connectivity index is 1.86. The predicted molar refractivity (Wildman–Crippen MR) is 93.9 cm³/mol. The fraction of sp³-hybridized carbons (Fsp3) is 0.118. The lowest BCUT2D eigenvalue weighted by atomic mass is 10.1. The topological polar surface area (TPSA) is 87.2 Å². The Hall–Kier alpha value is -3.26. The first-order valence-electron chi connectivity index (χ1n) is 7.70. The summed E-state index contributed by atoms with van der Waals surface area (Å²) < 4.78 is 8.09. The van der Waals surface area contributed by atoms with Crippen molar-refractivity contribution in [2.75, 3.05) is 7.11 Å². The van der Waals surface area contributed by atoms with Gasteiger partial charge in [0.1, 0.15) is 18.3 Å². The molecule has 0 aliphatic heterocycles. The van der Waals surface area contributed by atoms with Crippen molar-refractivity contribution in [1.82, 2.24) is 29.1 Å². The summed E-state index contributed by atoms with van der Waals surface area (Å²) in [6.45, 7) is 0.273. The number of aromatic nitrogens is 6. The molecule has 0 amide bonds. The highest BCUT2D eigenvalue weighted by atomic mass is 35.5. The van der Waals surface area contributed by atoms with Crippen molar-refractivity contribution in [3.05, 3.63) is 65.7 Å². The van der Waals surface area contributed by atoms with Gasteiger partial charge in [0.05, 0.1) is 25.0 Å². The smallest absolute Gasteiger partial charge is 0.375 e. The van der Waals surface area contributed by atoms with E-state index >= 15 is 0 Å². The minimum absolute atomic E-state index is 0.119. The third-order valence-corrected chi connectivity index (χ3v) is 4.18. The molecule has 0 aliphatic rings. The number of hydrogen-bond acceptors (Lipinski definition) is 6. The molecule has 4 rings (SSSR count). The molecule has 0 bridgehead atoms. The Bertz CT molecular complexity index is 1090. The summed E-state index contributed by atoms with van der Waals surface area (Å²) in [7, 11) is 1.30. The number of halogens is 1. The summed E-state index contributed by atoms with van der Waals surface area (Å²) in [5, 5.41) is 4.78. The van der Waals surface area contributed by atoms with Crippen LogP contribution in [-0.2, 0) is 11.3 Å². The summed E-state index contributed by atoms with van der Waals surface area (Å²) >= 11 is 5.99. The molecule has 0 N–H and O–H groups in total. The minimum Gasteiger partial charge on any atom is -0.463 e. The number of carbonyl (C=O) groups is 1. The highest BCUT2D eigenvalue weighted by Crippen LogP contribution is 2.26. The molecule has 0 fully saturated rings. The second kappa shape index (κ2) is 6.57. The fourth-order valence-corrected chi connectivity index (χ4v) is 2.83. The van der Waals surface area contributed by atoms with E-state index in [2.05, 4.69) is 20.1 Å². The molecule has 0 saturated carbocycles. The van der Waals surface area contributed by atoms with Crippen molar-refractivity contribution >= 4 is 23.2 Å². The second-order valence-corrected chi connectivity index (χ2v) is 5.89. The molecule has 0 radical (unpaired) electrons. The third-order valence-electron chi connectivity index (χ3n) is 3.93. The van der Waals surface area contributed by atoms with Crippen LogP contribution < -0.4 is 0 Å². The molecule has 26 heavy (non-hydrogen) atoms. The Labute approximate surface area is 153 Å². The van der Waals surface area contributed by atoms with Crippen molar-refractivity contribution in [2.45, 2.75) is 6.54 Å². The van der Waals surface area contributed by atoms with Crippen molar-refractivity contribution in [2.24, 2.45) is 0 Å². The first-order chi connectivity index (χ1) is 12.7. The first-order valence-corrected chi connectivity index (χ1v) is 8.08. The SMILES string of the molecule is COC(=O)c1ncnn1Cc1c(-c2ccc(Cl)cc2)nc2ccncn12. The van der Waals surface area contributed by atoms with E-state index < -0.39 is 5.97 Å². The highest BCUT2D eigenvalue weighted by Gasteiger charge is 2.19. The Morgan fingerprint density at radius 2 is 2.04 bits per heavy atom. The van der Waals surface area contributed by atoms with Crippen LogP contribution in [-0.4, -0.2) is 42.2 Å². The third kappa shape index (κ3) is 2.80. The van der Waals surface area contributed by atoms with Crippen LogP contribution in [0.2, 0.25) is 5.02 Å². The number of fused-ring (bicyclic) bond motifs is 1. The number of benzene rings is 1. The summed E-state index contributed by atoms with van der Waals surface area (Å²) in [5.41, 5.74) is 3.19. The van der Waals surface area contributed by atoms with E-state index in [0.29, 0.717) is 5.02 Å². The molecule has 3 heterocycles. The standard InChI is InChI=1S/C17H13ClN6O2/c1-26-17(25)16-20-9-21-24(16)8-13-15(11-2-4-12(18)5-3-11)22-14-6-7-19-10-23(13)14/h2-7,9-10H,8H2,1H3. The van der Waals surface area contributed by atoms with Crippen LogP contribution in [0, 0.1) is 0 Å². The molecule has 3 aromatic heterocycles. The van der Waals surface area contributed by atoms with E-state index in [1.165, 1.54) is 18.1 Å². The summed E-state index contributed by atoms with van der Waals surface area (Å²) in [4.78, 5) is 24.7. The fourth-order valence-electron chi connectivity index (χ4n) is 2.71. The van der Waals surface area contributed by atoms with Crippen LogP contribution >= 0.6 is 11.6 Å². The monoisotopic (exact) mass is 368 g/mol. The van der Waals surface area contributed by atoms with Crippen molar-refractivity contribution < 1.29 is 9.53 Å². The maximum absolute atomic E-state index is 11.9. The predicted octanol–water partition coefficient (Wildman–Crippen LogP) is 2.48. The van der Waals surface area contributed by atoms with Gasteiger partial charge < -0.3 is 4.74 Å². The number of imidazole rings is 1. The maximum atomic E-state index is 11.9. The largest absolute Gasteiger partial charge is 0.463 e. The molecular weight excluding hydrogens is 356 g/mol. The average molecular weight is 369 g/mol. The zero-order valence-electron chi connectivity index (χ0n) is 13.7. The van der Waals surface area contributed by atoms with E-state index in [-0.39, 0.29) is 12.4 Å². The molecule has 0 spiro atoms. The van der Waals surface area contributed by atoms with Gasteiger partial charge in [-0.25, -0.2) is 24.4 Å². The molecule has 4 aromatic rings. The molecule has 1 aromatic carbocycles. The highest BCUT2D eigenvalue weighted by molar-refractivity contribution is 6.30. The van der Waals surface area contributed by atoms with Crippen LogP contribution in [0.5, 0.6) is 0 Å². The summed E-state index contributed by atoms with van der Waals surface area (Å²) in [5.74, 6) is -0.434. The Kier molecular flexibility index (Phi) is 4.10. The lowest BCUT2D eigenvalue weighted by Crippen LogP contribution is -2.15.